The van der Waals surface area contributed by atoms with E-state index in [0.29, 0.717) is 5.56 Å². The Morgan fingerprint density at radius 2 is 2.06 bits per heavy atom. The number of aryl methyl sites for hydroxylation is 1. The number of carbonyl (C=O) groups is 1. The first-order valence-corrected chi connectivity index (χ1v) is 5.64. The van der Waals surface area contributed by atoms with E-state index in [1.54, 1.807) is 12.5 Å². The van der Waals surface area contributed by atoms with Crippen molar-refractivity contribution in [1.82, 2.24) is 14.5 Å². The van der Waals surface area contributed by atoms with Gasteiger partial charge in [0.2, 0.25) is 0 Å². The maximum absolute atomic E-state index is 10.7. The molecule has 0 fully saturated rings. The van der Waals surface area contributed by atoms with E-state index in [9.17, 15) is 4.79 Å². The Labute approximate surface area is 104 Å². The smallest absolute Gasteiger partial charge is 0.151 e. The van der Waals surface area contributed by atoms with Crippen LogP contribution in [0.25, 0.3) is 16.9 Å². The predicted octanol–water partition coefficient (Wildman–Crippen LogP) is 2.54. The zero-order valence-electron chi connectivity index (χ0n) is 9.87. The van der Waals surface area contributed by atoms with Crippen LogP contribution in [0.5, 0.6) is 0 Å². The zero-order valence-corrected chi connectivity index (χ0v) is 9.87. The number of nitrogens with zero attached hydrogens (tertiary/aromatic N) is 3. The summed E-state index contributed by atoms with van der Waals surface area (Å²) in [5, 5.41) is 0. The molecular formula is C14H11N3O. The Morgan fingerprint density at radius 3 is 2.83 bits per heavy atom. The van der Waals surface area contributed by atoms with E-state index in [-0.39, 0.29) is 0 Å². The summed E-state index contributed by atoms with van der Waals surface area (Å²) in [6, 6.07) is 9.70. The van der Waals surface area contributed by atoms with Crippen molar-refractivity contribution in [3.63, 3.8) is 0 Å². The number of hydrogen-bond donors (Lipinski definition) is 0. The SMILES string of the molecule is Cc1cc(C=O)cnc1-n1cnc2ccccc21. The van der Waals surface area contributed by atoms with Crippen molar-refractivity contribution in [1.29, 1.82) is 0 Å². The molecule has 0 N–H and O–H groups in total. The van der Waals surface area contributed by atoms with Crippen LogP contribution in [0, 0.1) is 6.92 Å². The van der Waals surface area contributed by atoms with Crippen molar-refractivity contribution in [2.45, 2.75) is 6.92 Å². The van der Waals surface area contributed by atoms with Gasteiger partial charge >= 0.3 is 0 Å². The Balaban J connectivity index is 2.23. The molecule has 88 valence electrons. The third-order valence-electron chi connectivity index (χ3n) is 2.89. The molecule has 0 saturated heterocycles. The van der Waals surface area contributed by atoms with Gasteiger partial charge in [-0.05, 0) is 30.7 Å². The first kappa shape index (κ1) is 10.7. The minimum Gasteiger partial charge on any atom is -0.298 e. The molecule has 3 rings (SSSR count). The molecule has 0 spiro atoms. The number of carbonyl (C=O) groups excluding carboxylic acids is 1. The van der Waals surface area contributed by atoms with Crippen LogP contribution in [0.3, 0.4) is 0 Å². The highest BCUT2D eigenvalue weighted by Gasteiger charge is 2.08. The zero-order chi connectivity index (χ0) is 12.5. The van der Waals surface area contributed by atoms with Gasteiger partial charge in [0.1, 0.15) is 12.1 Å². The summed E-state index contributed by atoms with van der Waals surface area (Å²) in [4.78, 5) is 19.4. The van der Waals surface area contributed by atoms with E-state index in [1.807, 2.05) is 41.8 Å². The topological polar surface area (TPSA) is 47.8 Å². The summed E-state index contributed by atoms with van der Waals surface area (Å²) in [5.74, 6) is 0.800. The highest BCUT2D eigenvalue weighted by Crippen LogP contribution is 2.19. The summed E-state index contributed by atoms with van der Waals surface area (Å²) < 4.78 is 1.93. The van der Waals surface area contributed by atoms with Crippen molar-refractivity contribution in [3.05, 3.63) is 54.0 Å². The minimum atomic E-state index is 0.584. The van der Waals surface area contributed by atoms with Crippen LogP contribution in [0.1, 0.15) is 15.9 Å². The fraction of sp³-hybridized carbons (Fsp3) is 0.0714. The molecule has 0 unspecified atom stereocenters. The number of pyridine rings is 1. The molecule has 0 aliphatic heterocycles. The standard InChI is InChI=1S/C14H11N3O/c1-10-6-11(8-18)7-15-14(10)17-9-16-12-4-2-3-5-13(12)17/h2-9H,1H3. The molecule has 0 aliphatic rings. The van der Waals surface area contributed by atoms with E-state index in [4.69, 9.17) is 0 Å². The fourth-order valence-electron chi connectivity index (χ4n) is 2.03. The number of aldehydes is 1. The number of aromatic nitrogens is 3. The molecule has 4 nitrogen and oxygen atoms in total. The second kappa shape index (κ2) is 4.07. The lowest BCUT2D eigenvalue weighted by Crippen LogP contribution is -2.00. The lowest BCUT2D eigenvalue weighted by atomic mass is 10.2. The van der Waals surface area contributed by atoms with E-state index in [2.05, 4.69) is 9.97 Å². The van der Waals surface area contributed by atoms with Gasteiger partial charge < -0.3 is 0 Å². The van der Waals surface area contributed by atoms with Gasteiger partial charge in [-0.2, -0.15) is 0 Å². The van der Waals surface area contributed by atoms with Gasteiger partial charge in [-0.15, -0.1) is 0 Å². The molecule has 0 radical (unpaired) electrons. The van der Waals surface area contributed by atoms with Gasteiger partial charge in [-0.3, -0.25) is 9.36 Å². The first-order chi connectivity index (χ1) is 8.79. The highest BCUT2D eigenvalue weighted by atomic mass is 16.1. The van der Waals surface area contributed by atoms with Crippen LogP contribution in [0.4, 0.5) is 0 Å². The summed E-state index contributed by atoms with van der Waals surface area (Å²) in [6.45, 7) is 1.93. The summed E-state index contributed by atoms with van der Waals surface area (Å²) >= 11 is 0. The molecule has 4 heteroatoms. The number of hydrogen-bond acceptors (Lipinski definition) is 3. The second-order valence-corrected chi connectivity index (χ2v) is 4.13. The average molecular weight is 237 g/mol. The van der Waals surface area contributed by atoms with Crippen molar-refractivity contribution >= 4 is 17.3 Å². The van der Waals surface area contributed by atoms with Crippen LogP contribution in [0.15, 0.2) is 42.9 Å². The van der Waals surface area contributed by atoms with Crippen LogP contribution < -0.4 is 0 Å². The average Bonchev–Trinajstić information content (AvgIpc) is 2.82. The van der Waals surface area contributed by atoms with Gasteiger partial charge in [-0.1, -0.05) is 12.1 Å². The van der Waals surface area contributed by atoms with E-state index < -0.39 is 0 Å². The molecule has 0 amide bonds. The van der Waals surface area contributed by atoms with Crippen LogP contribution >= 0.6 is 0 Å². The third-order valence-corrected chi connectivity index (χ3v) is 2.89. The Bertz CT molecular complexity index is 731. The van der Waals surface area contributed by atoms with Gasteiger partial charge in [0.15, 0.2) is 6.29 Å². The largest absolute Gasteiger partial charge is 0.298 e. The lowest BCUT2D eigenvalue weighted by molar-refractivity contribution is 0.112. The molecule has 0 saturated carbocycles. The quantitative estimate of drug-likeness (QED) is 0.643. The second-order valence-electron chi connectivity index (χ2n) is 4.13. The van der Waals surface area contributed by atoms with Gasteiger partial charge in [0.25, 0.3) is 0 Å². The molecule has 0 bridgehead atoms. The maximum atomic E-state index is 10.7. The van der Waals surface area contributed by atoms with Crippen LogP contribution in [-0.4, -0.2) is 20.8 Å². The first-order valence-electron chi connectivity index (χ1n) is 5.64. The Kier molecular flexibility index (Phi) is 2.41. The number of imidazole rings is 1. The Hall–Kier alpha value is -2.49. The molecule has 0 aliphatic carbocycles. The molecule has 18 heavy (non-hydrogen) atoms. The van der Waals surface area contributed by atoms with Crippen LogP contribution in [-0.2, 0) is 0 Å². The van der Waals surface area contributed by atoms with Gasteiger partial charge in [-0.25, -0.2) is 9.97 Å². The molecular weight excluding hydrogens is 226 g/mol. The van der Waals surface area contributed by atoms with Crippen molar-refractivity contribution in [3.8, 4) is 5.82 Å². The molecule has 2 heterocycles. The normalized spacial score (nSPS) is 10.7. The molecule has 3 aromatic rings. The number of rotatable bonds is 2. The molecule has 1 aromatic carbocycles. The Morgan fingerprint density at radius 1 is 1.22 bits per heavy atom. The summed E-state index contributed by atoms with van der Waals surface area (Å²) in [5.41, 5.74) is 3.47. The third kappa shape index (κ3) is 1.59. The number of benzene rings is 1. The van der Waals surface area contributed by atoms with Gasteiger partial charge in [0.05, 0.1) is 11.0 Å². The highest BCUT2D eigenvalue weighted by molar-refractivity contribution is 5.78. The van der Waals surface area contributed by atoms with Crippen LogP contribution in [0.2, 0.25) is 0 Å². The monoisotopic (exact) mass is 237 g/mol. The minimum absolute atomic E-state index is 0.584. The van der Waals surface area contributed by atoms with E-state index in [0.717, 1.165) is 28.7 Å². The fourth-order valence-corrected chi connectivity index (χ4v) is 2.03. The lowest BCUT2D eigenvalue weighted by Gasteiger charge is -2.07. The van der Waals surface area contributed by atoms with E-state index in [1.165, 1.54) is 0 Å². The van der Waals surface area contributed by atoms with Crippen molar-refractivity contribution < 1.29 is 4.79 Å². The van der Waals surface area contributed by atoms with E-state index >= 15 is 0 Å². The van der Waals surface area contributed by atoms with Crippen molar-refractivity contribution in [2.75, 3.05) is 0 Å². The molecule has 2 aromatic heterocycles. The number of para-hydroxylation sites is 2. The van der Waals surface area contributed by atoms with Crippen molar-refractivity contribution in [2.24, 2.45) is 0 Å². The maximum Gasteiger partial charge on any atom is 0.151 e. The summed E-state index contributed by atoms with van der Waals surface area (Å²) in [7, 11) is 0. The number of fused-ring (bicyclic) bond motifs is 1. The predicted molar refractivity (Wildman–Crippen MR) is 69.0 cm³/mol. The molecule has 0 atom stereocenters. The van der Waals surface area contributed by atoms with Gasteiger partial charge in [0, 0.05) is 11.8 Å². The summed E-state index contributed by atoms with van der Waals surface area (Å²) in [6.07, 6.45) is 4.13.